The Bertz CT molecular complexity index is 941. The largest absolute Gasteiger partial charge is 0.465 e. The number of carbonyl (C=O) groups is 2. The Labute approximate surface area is 188 Å². The number of nitro groups is 1. The average Bonchev–Trinajstić information content (AvgIpc) is 2.80. The van der Waals surface area contributed by atoms with E-state index < -0.39 is 16.4 Å². The number of rotatable bonds is 10. The van der Waals surface area contributed by atoms with Crippen LogP contribution in [0.2, 0.25) is 0 Å². The highest BCUT2D eigenvalue weighted by Gasteiger charge is 2.40. The second kappa shape index (κ2) is 11.3. The van der Waals surface area contributed by atoms with Crippen LogP contribution < -0.4 is 0 Å². The molecule has 0 aliphatic rings. The molecule has 32 heavy (non-hydrogen) atoms. The van der Waals surface area contributed by atoms with E-state index in [4.69, 9.17) is 9.47 Å². The van der Waals surface area contributed by atoms with Gasteiger partial charge in [-0.1, -0.05) is 50.2 Å². The Balaban J connectivity index is 2.35. The van der Waals surface area contributed by atoms with Gasteiger partial charge in [0.1, 0.15) is 6.61 Å². The van der Waals surface area contributed by atoms with E-state index in [-0.39, 0.29) is 31.4 Å². The highest BCUT2D eigenvalue weighted by atomic mass is 16.6. The Morgan fingerprint density at radius 3 is 2.25 bits per heavy atom. The van der Waals surface area contributed by atoms with Crippen molar-refractivity contribution in [1.82, 2.24) is 4.90 Å². The van der Waals surface area contributed by atoms with Crippen LogP contribution in [0.3, 0.4) is 0 Å². The maximum absolute atomic E-state index is 12.9. The summed E-state index contributed by atoms with van der Waals surface area (Å²) in [6.07, 6.45) is 0.339. The number of nitro benzene ring substituents is 1. The van der Waals surface area contributed by atoms with Gasteiger partial charge in [-0.3, -0.25) is 14.9 Å². The van der Waals surface area contributed by atoms with Crippen molar-refractivity contribution in [3.8, 4) is 0 Å². The van der Waals surface area contributed by atoms with Crippen LogP contribution in [0.5, 0.6) is 0 Å². The second-order valence-corrected chi connectivity index (χ2v) is 7.50. The van der Waals surface area contributed by atoms with Crippen molar-refractivity contribution in [3.05, 3.63) is 75.3 Å². The summed E-state index contributed by atoms with van der Waals surface area (Å²) in [4.78, 5) is 37.7. The zero-order valence-corrected chi connectivity index (χ0v) is 19.0. The monoisotopic (exact) mass is 442 g/mol. The minimum absolute atomic E-state index is 0.0474. The predicted octanol–water partition coefficient (Wildman–Crippen LogP) is 4.98. The fraction of sp³-hybridized carbons (Fsp3) is 0.417. The summed E-state index contributed by atoms with van der Waals surface area (Å²) >= 11 is 0. The molecule has 1 amide bonds. The van der Waals surface area contributed by atoms with E-state index in [9.17, 15) is 19.7 Å². The number of amides is 1. The SMILES string of the molecule is CCOC(=O)C(CC)(CC)c1ccc([N+](=O)[O-])cc1CN(C)C(=O)OCc1ccccc1. The molecule has 172 valence electrons. The third kappa shape index (κ3) is 5.63. The van der Waals surface area contributed by atoms with Gasteiger partial charge in [-0.25, -0.2) is 4.79 Å². The minimum Gasteiger partial charge on any atom is -0.465 e. The summed E-state index contributed by atoms with van der Waals surface area (Å²) in [6, 6.07) is 13.7. The topological polar surface area (TPSA) is 99.0 Å². The Morgan fingerprint density at radius 2 is 1.69 bits per heavy atom. The quantitative estimate of drug-likeness (QED) is 0.292. The maximum atomic E-state index is 12.9. The molecule has 8 heteroatoms. The zero-order chi connectivity index (χ0) is 23.7. The lowest BCUT2D eigenvalue weighted by molar-refractivity contribution is -0.385. The first-order valence-electron chi connectivity index (χ1n) is 10.7. The number of carbonyl (C=O) groups excluding carboxylic acids is 2. The van der Waals surface area contributed by atoms with Gasteiger partial charge in [0, 0.05) is 25.7 Å². The molecule has 8 nitrogen and oxygen atoms in total. The number of hydrogen-bond acceptors (Lipinski definition) is 6. The van der Waals surface area contributed by atoms with Crippen LogP contribution in [0.15, 0.2) is 48.5 Å². The first-order valence-corrected chi connectivity index (χ1v) is 10.7. The average molecular weight is 443 g/mol. The van der Waals surface area contributed by atoms with Crippen molar-refractivity contribution in [2.24, 2.45) is 0 Å². The fourth-order valence-electron chi connectivity index (χ4n) is 3.74. The first-order chi connectivity index (χ1) is 15.3. The molecule has 2 aromatic carbocycles. The molecule has 0 atom stereocenters. The smallest absolute Gasteiger partial charge is 0.410 e. The van der Waals surface area contributed by atoms with Crippen LogP contribution in [-0.2, 0) is 32.8 Å². The van der Waals surface area contributed by atoms with Gasteiger partial charge in [-0.05, 0) is 36.5 Å². The zero-order valence-electron chi connectivity index (χ0n) is 19.0. The molecule has 0 spiro atoms. The summed E-state index contributed by atoms with van der Waals surface area (Å²) in [6.45, 7) is 5.89. The number of ether oxygens (including phenoxy) is 2. The number of esters is 1. The van der Waals surface area contributed by atoms with Crippen molar-refractivity contribution < 1.29 is 24.0 Å². The van der Waals surface area contributed by atoms with Crippen molar-refractivity contribution >= 4 is 17.7 Å². The van der Waals surface area contributed by atoms with Gasteiger partial charge in [0.05, 0.1) is 16.9 Å². The molecule has 0 unspecified atom stereocenters. The van der Waals surface area contributed by atoms with E-state index in [1.807, 2.05) is 44.2 Å². The van der Waals surface area contributed by atoms with Gasteiger partial charge in [0.2, 0.25) is 0 Å². The van der Waals surface area contributed by atoms with E-state index in [1.54, 1.807) is 20.0 Å². The van der Waals surface area contributed by atoms with Gasteiger partial charge >= 0.3 is 12.1 Å². The molecule has 0 saturated heterocycles. The molecule has 0 aromatic heterocycles. The molecule has 0 radical (unpaired) electrons. The Kier molecular flexibility index (Phi) is 8.75. The van der Waals surface area contributed by atoms with Gasteiger partial charge in [-0.2, -0.15) is 0 Å². The molecule has 0 aliphatic heterocycles. The van der Waals surface area contributed by atoms with Gasteiger partial charge in [-0.15, -0.1) is 0 Å². The number of non-ortho nitro benzene ring substituents is 1. The predicted molar refractivity (Wildman–Crippen MR) is 120 cm³/mol. The lowest BCUT2D eigenvalue weighted by Gasteiger charge is -2.32. The van der Waals surface area contributed by atoms with Gasteiger partial charge in [0.15, 0.2) is 0 Å². The Hall–Kier alpha value is -3.42. The van der Waals surface area contributed by atoms with Crippen LogP contribution in [0.25, 0.3) is 0 Å². The van der Waals surface area contributed by atoms with E-state index >= 15 is 0 Å². The lowest BCUT2D eigenvalue weighted by atomic mass is 9.73. The lowest BCUT2D eigenvalue weighted by Crippen LogP contribution is -2.38. The van der Waals surface area contributed by atoms with Crippen LogP contribution >= 0.6 is 0 Å². The fourth-order valence-corrected chi connectivity index (χ4v) is 3.74. The molecule has 2 rings (SSSR count). The standard InChI is InChI=1S/C24H30N2O6/c1-5-24(6-2,22(27)31-7-3)21-14-13-20(26(29)30)15-19(21)16-25(4)23(28)32-17-18-11-9-8-10-12-18/h8-15H,5-7,16-17H2,1-4H3. The molecular formula is C24H30N2O6. The van der Waals surface area contributed by atoms with Crippen molar-refractivity contribution in [1.29, 1.82) is 0 Å². The number of hydrogen-bond donors (Lipinski definition) is 0. The van der Waals surface area contributed by atoms with Crippen molar-refractivity contribution in [3.63, 3.8) is 0 Å². The summed E-state index contributed by atoms with van der Waals surface area (Å²) < 4.78 is 10.7. The molecule has 0 fully saturated rings. The molecule has 0 N–H and O–H groups in total. The molecular weight excluding hydrogens is 412 g/mol. The van der Waals surface area contributed by atoms with Crippen molar-refractivity contribution in [2.75, 3.05) is 13.7 Å². The number of nitrogens with zero attached hydrogens (tertiary/aromatic N) is 2. The van der Waals surface area contributed by atoms with Crippen LogP contribution in [-0.4, -0.2) is 35.5 Å². The third-order valence-corrected chi connectivity index (χ3v) is 5.61. The Morgan fingerprint density at radius 1 is 1.03 bits per heavy atom. The van der Waals surface area contributed by atoms with Crippen LogP contribution in [0.1, 0.15) is 50.3 Å². The highest BCUT2D eigenvalue weighted by Crippen LogP contribution is 2.37. The van der Waals surface area contributed by atoms with Crippen molar-refractivity contribution in [2.45, 2.75) is 52.2 Å². The highest BCUT2D eigenvalue weighted by molar-refractivity contribution is 5.84. The molecule has 0 saturated carbocycles. The summed E-state index contributed by atoms with van der Waals surface area (Å²) in [5, 5.41) is 11.4. The van der Waals surface area contributed by atoms with Gasteiger partial charge in [0.25, 0.3) is 5.69 Å². The summed E-state index contributed by atoms with van der Waals surface area (Å²) in [5.74, 6) is -0.380. The minimum atomic E-state index is -0.963. The van der Waals surface area contributed by atoms with Crippen LogP contribution in [0, 0.1) is 10.1 Å². The third-order valence-electron chi connectivity index (χ3n) is 5.61. The normalized spacial score (nSPS) is 11.0. The molecule has 0 bridgehead atoms. The summed E-state index contributed by atoms with van der Waals surface area (Å²) in [5.41, 5.74) is 0.905. The molecule has 0 heterocycles. The van der Waals surface area contributed by atoms with E-state index in [2.05, 4.69) is 0 Å². The first kappa shape index (κ1) is 24.8. The number of benzene rings is 2. The van der Waals surface area contributed by atoms with Gasteiger partial charge < -0.3 is 14.4 Å². The van der Waals surface area contributed by atoms with E-state index in [1.165, 1.54) is 17.0 Å². The second-order valence-electron chi connectivity index (χ2n) is 7.50. The molecule has 2 aromatic rings. The maximum Gasteiger partial charge on any atom is 0.410 e. The summed E-state index contributed by atoms with van der Waals surface area (Å²) in [7, 11) is 1.56. The van der Waals surface area contributed by atoms with E-state index in [0.29, 0.717) is 24.0 Å². The van der Waals surface area contributed by atoms with Crippen LogP contribution in [0.4, 0.5) is 10.5 Å². The molecule has 0 aliphatic carbocycles. The van der Waals surface area contributed by atoms with E-state index in [0.717, 1.165) is 5.56 Å².